The first-order valence-electron chi connectivity index (χ1n) is 10.8. The van der Waals surface area contributed by atoms with E-state index in [0.29, 0.717) is 32.1 Å². The molecule has 2 fully saturated rings. The van der Waals surface area contributed by atoms with Crippen LogP contribution in [0.3, 0.4) is 0 Å². The molecule has 1 saturated heterocycles. The molecule has 1 atom stereocenters. The molecule has 0 spiro atoms. The van der Waals surface area contributed by atoms with Crippen molar-refractivity contribution in [3.63, 3.8) is 0 Å². The van der Waals surface area contributed by atoms with Crippen LogP contribution in [-0.4, -0.2) is 57.4 Å². The summed E-state index contributed by atoms with van der Waals surface area (Å²) >= 11 is 0. The number of carbonyl (C=O) groups is 1. The number of carbonyl (C=O) groups excluding carboxylic acids is 1. The number of hydrogen-bond donors (Lipinski definition) is 2. The molecule has 29 heavy (non-hydrogen) atoms. The smallest absolute Gasteiger partial charge is 0.278 e. The normalized spacial score (nSPS) is 21.3. The number of nitrogens with one attached hydrogen (secondary N) is 2. The van der Waals surface area contributed by atoms with Crippen LogP contribution in [0.2, 0.25) is 0 Å². The van der Waals surface area contributed by atoms with E-state index in [1.807, 2.05) is 37.3 Å². The van der Waals surface area contributed by atoms with Gasteiger partial charge in [-0.05, 0) is 37.3 Å². The van der Waals surface area contributed by atoms with Gasteiger partial charge in [-0.1, -0.05) is 49.6 Å². The van der Waals surface area contributed by atoms with Crippen molar-refractivity contribution in [1.82, 2.24) is 9.62 Å². The summed E-state index contributed by atoms with van der Waals surface area (Å²) in [5.41, 5.74) is 0.864. The second-order valence-electron chi connectivity index (χ2n) is 8.29. The van der Waals surface area contributed by atoms with Crippen molar-refractivity contribution < 1.29 is 18.1 Å². The highest BCUT2D eigenvalue weighted by Gasteiger charge is 2.32. The number of hydrogen-bond acceptors (Lipinski definition) is 3. The lowest BCUT2D eigenvalue weighted by molar-refractivity contribution is -0.917. The summed E-state index contributed by atoms with van der Waals surface area (Å²) < 4.78 is 26.7. The molecule has 1 aromatic carbocycles. The number of benzene rings is 1. The Balaban J connectivity index is 1.46. The van der Waals surface area contributed by atoms with E-state index in [0.717, 1.165) is 17.0 Å². The molecule has 6 nitrogen and oxygen atoms in total. The molecule has 0 unspecified atom stereocenters. The maximum absolute atomic E-state index is 12.6. The summed E-state index contributed by atoms with van der Waals surface area (Å²) in [6, 6.07) is 9.27. The predicted molar refractivity (Wildman–Crippen MR) is 116 cm³/mol. The number of piperazine rings is 1. The maximum Gasteiger partial charge on any atom is 0.278 e. The van der Waals surface area contributed by atoms with E-state index >= 15 is 0 Å². The standard InChI is InChI=1S/C22H33N3O3S/c1-19(22(26)23-18-21-10-6-3-7-11-21)24-13-15-25(16-14-24)29(27,28)17-12-20-8-4-2-5-9-20/h2,4-5,8-9,12,17,19,21H,3,6-7,10-11,13-16,18H2,1H3,(H,23,26)/p+1/b17-12+/t19-/m1/s1. The second kappa shape index (κ2) is 10.4. The highest BCUT2D eigenvalue weighted by Crippen LogP contribution is 2.22. The van der Waals surface area contributed by atoms with Gasteiger partial charge in [-0.25, -0.2) is 8.42 Å². The first kappa shape index (κ1) is 22.0. The summed E-state index contributed by atoms with van der Waals surface area (Å²) in [7, 11) is -3.44. The highest BCUT2D eigenvalue weighted by atomic mass is 32.2. The van der Waals surface area contributed by atoms with Crippen LogP contribution in [0, 0.1) is 5.92 Å². The third kappa shape index (κ3) is 6.39. The molecular formula is C22H34N3O3S+. The largest absolute Gasteiger partial charge is 0.351 e. The molecule has 1 saturated carbocycles. The Labute approximate surface area is 175 Å². The fraction of sp³-hybridized carbons (Fsp3) is 0.591. The van der Waals surface area contributed by atoms with Crippen molar-refractivity contribution in [2.24, 2.45) is 5.92 Å². The number of amides is 1. The average Bonchev–Trinajstić information content (AvgIpc) is 2.77. The predicted octanol–water partition coefficient (Wildman–Crippen LogP) is 1.27. The lowest BCUT2D eigenvalue weighted by Crippen LogP contribution is -3.19. The van der Waals surface area contributed by atoms with Crippen LogP contribution >= 0.6 is 0 Å². The van der Waals surface area contributed by atoms with Gasteiger partial charge in [-0.3, -0.25) is 4.79 Å². The minimum Gasteiger partial charge on any atom is -0.351 e. The summed E-state index contributed by atoms with van der Waals surface area (Å²) in [5, 5.41) is 4.41. The third-order valence-electron chi connectivity index (χ3n) is 6.25. The van der Waals surface area contributed by atoms with E-state index in [2.05, 4.69) is 5.32 Å². The van der Waals surface area contributed by atoms with Gasteiger partial charge in [0.1, 0.15) is 0 Å². The zero-order valence-electron chi connectivity index (χ0n) is 17.3. The maximum atomic E-state index is 12.6. The van der Waals surface area contributed by atoms with Crippen molar-refractivity contribution in [3.05, 3.63) is 41.3 Å². The highest BCUT2D eigenvalue weighted by molar-refractivity contribution is 7.92. The molecule has 1 amide bonds. The van der Waals surface area contributed by atoms with Gasteiger partial charge >= 0.3 is 0 Å². The Hall–Kier alpha value is -1.70. The molecule has 0 bridgehead atoms. The molecule has 3 rings (SSSR count). The van der Waals surface area contributed by atoms with E-state index in [4.69, 9.17) is 0 Å². The van der Waals surface area contributed by atoms with Crippen molar-refractivity contribution in [1.29, 1.82) is 0 Å². The molecular weight excluding hydrogens is 386 g/mol. The molecule has 160 valence electrons. The van der Waals surface area contributed by atoms with Gasteiger partial charge < -0.3 is 10.2 Å². The molecule has 0 aromatic heterocycles. The van der Waals surface area contributed by atoms with Gasteiger partial charge in [-0.15, -0.1) is 0 Å². The Morgan fingerprint density at radius 2 is 1.83 bits per heavy atom. The number of nitrogens with zero attached hydrogens (tertiary/aromatic N) is 1. The van der Waals surface area contributed by atoms with Crippen molar-refractivity contribution in [2.45, 2.75) is 45.1 Å². The Morgan fingerprint density at radius 1 is 1.17 bits per heavy atom. The fourth-order valence-electron chi connectivity index (χ4n) is 4.25. The Morgan fingerprint density at radius 3 is 2.48 bits per heavy atom. The second-order valence-corrected chi connectivity index (χ2v) is 10.1. The number of rotatable bonds is 7. The van der Waals surface area contributed by atoms with Crippen LogP contribution < -0.4 is 10.2 Å². The fourth-order valence-corrected chi connectivity index (χ4v) is 5.44. The molecule has 2 N–H and O–H groups in total. The van der Waals surface area contributed by atoms with E-state index in [-0.39, 0.29) is 11.9 Å². The van der Waals surface area contributed by atoms with Gasteiger partial charge in [0.05, 0.1) is 26.2 Å². The molecule has 1 aliphatic heterocycles. The molecule has 2 aliphatic rings. The van der Waals surface area contributed by atoms with Gasteiger partial charge in [0.2, 0.25) is 10.0 Å². The van der Waals surface area contributed by atoms with Crippen LogP contribution in [0.15, 0.2) is 35.7 Å². The van der Waals surface area contributed by atoms with Gasteiger partial charge in [0, 0.05) is 12.0 Å². The summed E-state index contributed by atoms with van der Waals surface area (Å²) in [4.78, 5) is 13.7. The SMILES string of the molecule is C[C@H](C(=O)NCC1CCCCC1)[NH+]1CCN(S(=O)(=O)/C=C/c2ccccc2)CC1. The summed E-state index contributed by atoms with van der Waals surface area (Å²) in [6.45, 7) is 4.91. The molecule has 1 aliphatic carbocycles. The van der Waals surface area contributed by atoms with E-state index in [1.54, 1.807) is 6.08 Å². The number of quaternary nitrogens is 1. The lowest BCUT2D eigenvalue weighted by Gasteiger charge is -2.34. The lowest BCUT2D eigenvalue weighted by atomic mass is 9.89. The Kier molecular flexibility index (Phi) is 7.86. The minimum atomic E-state index is -3.44. The van der Waals surface area contributed by atoms with Crippen molar-refractivity contribution in [2.75, 3.05) is 32.7 Å². The molecule has 0 radical (unpaired) electrons. The Bertz CT molecular complexity index is 781. The first-order valence-corrected chi connectivity index (χ1v) is 12.3. The van der Waals surface area contributed by atoms with E-state index in [9.17, 15) is 13.2 Å². The minimum absolute atomic E-state index is 0.0888. The van der Waals surface area contributed by atoms with Gasteiger partial charge in [0.15, 0.2) is 6.04 Å². The topological polar surface area (TPSA) is 70.9 Å². The van der Waals surface area contributed by atoms with Crippen molar-refractivity contribution >= 4 is 22.0 Å². The van der Waals surface area contributed by atoms with Crippen LogP contribution in [0.5, 0.6) is 0 Å². The quantitative estimate of drug-likeness (QED) is 0.698. The van der Waals surface area contributed by atoms with E-state index in [1.165, 1.54) is 41.8 Å². The zero-order valence-corrected chi connectivity index (χ0v) is 18.2. The monoisotopic (exact) mass is 420 g/mol. The van der Waals surface area contributed by atoms with Crippen LogP contribution in [-0.2, 0) is 14.8 Å². The van der Waals surface area contributed by atoms with Crippen LogP contribution in [0.25, 0.3) is 6.08 Å². The van der Waals surface area contributed by atoms with Crippen LogP contribution in [0.1, 0.15) is 44.6 Å². The third-order valence-corrected chi connectivity index (χ3v) is 7.82. The molecule has 1 heterocycles. The van der Waals surface area contributed by atoms with Crippen LogP contribution in [0.4, 0.5) is 0 Å². The average molecular weight is 421 g/mol. The first-order chi connectivity index (χ1) is 14.0. The zero-order chi connectivity index (χ0) is 20.7. The van der Waals surface area contributed by atoms with Crippen molar-refractivity contribution in [3.8, 4) is 0 Å². The summed E-state index contributed by atoms with van der Waals surface area (Å²) in [5.74, 6) is 0.708. The van der Waals surface area contributed by atoms with Gasteiger partial charge in [-0.2, -0.15) is 4.31 Å². The van der Waals surface area contributed by atoms with Gasteiger partial charge in [0.25, 0.3) is 5.91 Å². The molecule has 1 aromatic rings. The summed E-state index contributed by atoms with van der Waals surface area (Å²) in [6.07, 6.45) is 7.94. The van der Waals surface area contributed by atoms with E-state index < -0.39 is 10.0 Å². The molecule has 7 heteroatoms. The number of sulfonamides is 1.